The number of carbonyl (C=O) groups excluding carboxylic acids is 2. The van der Waals surface area contributed by atoms with Crippen molar-refractivity contribution in [1.82, 2.24) is 4.90 Å². The van der Waals surface area contributed by atoms with Crippen molar-refractivity contribution in [1.29, 1.82) is 0 Å². The van der Waals surface area contributed by atoms with Crippen LogP contribution in [0.5, 0.6) is 0 Å². The number of carbonyl (C=O) groups is 2. The van der Waals surface area contributed by atoms with E-state index in [-0.39, 0.29) is 25.3 Å². The fourth-order valence-corrected chi connectivity index (χ4v) is 2.99. The van der Waals surface area contributed by atoms with Gasteiger partial charge in [-0.25, -0.2) is 0 Å². The summed E-state index contributed by atoms with van der Waals surface area (Å²) in [6.07, 6.45) is 13.9. The molecular weight excluding hydrogens is 349 g/mol. The van der Waals surface area contributed by atoms with Gasteiger partial charge in [0.25, 0.3) is 0 Å². The third kappa shape index (κ3) is 17.3. The van der Waals surface area contributed by atoms with Crippen LogP contribution in [0.4, 0.5) is 0 Å². The predicted octanol–water partition coefficient (Wildman–Crippen LogP) is 0.719. The Labute approximate surface area is 184 Å². The molecule has 0 aliphatic carbocycles. The van der Waals surface area contributed by atoms with E-state index in [1.807, 2.05) is 6.08 Å². The molecule has 0 aliphatic rings. The van der Waals surface area contributed by atoms with Crippen LogP contribution in [0.25, 0.3) is 0 Å². The molecular formula is C22H40LiNO4. The summed E-state index contributed by atoms with van der Waals surface area (Å²) in [7, 11) is 0. The Balaban J connectivity index is 0. The topological polar surface area (TPSA) is 69.7 Å². The molecule has 5 nitrogen and oxygen atoms in total. The molecule has 0 saturated carbocycles. The van der Waals surface area contributed by atoms with Gasteiger partial charge < -0.3 is 19.5 Å². The minimum absolute atomic E-state index is 0. The molecule has 0 spiro atoms. The first-order valence-corrected chi connectivity index (χ1v) is 10.8. The van der Waals surface area contributed by atoms with E-state index in [1.54, 1.807) is 0 Å². The van der Waals surface area contributed by atoms with E-state index in [4.69, 9.17) is 4.74 Å². The molecule has 0 N–H and O–H groups in total. The van der Waals surface area contributed by atoms with Gasteiger partial charge in [0.15, 0.2) is 0 Å². The number of unbranched alkanes of at least 4 members (excludes halogenated alkanes) is 7. The van der Waals surface area contributed by atoms with Crippen LogP contribution >= 0.6 is 0 Å². The maximum absolute atomic E-state index is 12.2. The Morgan fingerprint density at radius 3 is 2.14 bits per heavy atom. The van der Waals surface area contributed by atoms with Crippen LogP contribution < -0.4 is 24.0 Å². The molecule has 0 aromatic heterocycles. The van der Waals surface area contributed by atoms with Gasteiger partial charge in [0, 0.05) is 18.9 Å². The Kier molecular flexibility index (Phi) is 22.0. The van der Waals surface area contributed by atoms with Crippen LogP contribution in [0, 0.1) is 5.92 Å². The number of allylic oxidation sites excluding steroid dienone is 2. The Morgan fingerprint density at radius 1 is 0.964 bits per heavy atom. The zero-order valence-corrected chi connectivity index (χ0v) is 18.7. The zero-order chi connectivity index (χ0) is 20.3. The zero-order valence-electron chi connectivity index (χ0n) is 18.7. The Bertz CT molecular complexity index is 411. The van der Waals surface area contributed by atoms with Crippen LogP contribution in [0.1, 0.15) is 85.0 Å². The number of nitrogens with zero attached hydrogens (tertiary/aromatic N) is 1. The van der Waals surface area contributed by atoms with E-state index in [0.717, 1.165) is 25.9 Å². The van der Waals surface area contributed by atoms with Gasteiger partial charge in [0.1, 0.15) is 6.61 Å². The predicted molar refractivity (Wildman–Crippen MR) is 108 cm³/mol. The number of hydrogen-bond donors (Lipinski definition) is 0. The summed E-state index contributed by atoms with van der Waals surface area (Å²) in [5.74, 6) is -2.30. The summed E-state index contributed by atoms with van der Waals surface area (Å²) >= 11 is 0. The van der Waals surface area contributed by atoms with Crippen molar-refractivity contribution in [2.45, 2.75) is 85.0 Å². The second kappa shape index (κ2) is 21.0. The van der Waals surface area contributed by atoms with E-state index in [1.165, 1.54) is 38.5 Å². The third-order valence-corrected chi connectivity index (χ3v) is 4.85. The molecule has 1 unspecified atom stereocenters. The third-order valence-electron chi connectivity index (χ3n) is 4.85. The Hall–Kier alpha value is -0.763. The average Bonchev–Trinajstić information content (AvgIpc) is 2.65. The summed E-state index contributed by atoms with van der Waals surface area (Å²) in [6.45, 7) is 9.10. The minimum Gasteiger partial charge on any atom is -0.550 e. The fourth-order valence-electron chi connectivity index (χ4n) is 2.99. The second-order valence-corrected chi connectivity index (χ2v) is 7.08. The number of carboxylic acids is 1. The van der Waals surface area contributed by atoms with Crippen molar-refractivity contribution < 1.29 is 38.3 Å². The molecule has 1 atom stereocenters. The molecule has 0 fully saturated rings. The number of likely N-dealkylation sites (N-methyl/N-ethyl adjacent to an activating group) is 1. The maximum Gasteiger partial charge on any atom is 1.00 e. The number of hydrogen-bond acceptors (Lipinski definition) is 5. The van der Waals surface area contributed by atoms with E-state index in [0.29, 0.717) is 19.6 Å². The summed E-state index contributed by atoms with van der Waals surface area (Å²) < 4.78 is 5.28. The number of esters is 1. The smallest absolute Gasteiger partial charge is 0.550 e. The van der Waals surface area contributed by atoms with Crippen molar-refractivity contribution in [3.05, 3.63) is 12.2 Å². The molecule has 0 aliphatic heterocycles. The molecule has 0 heterocycles. The van der Waals surface area contributed by atoms with E-state index in [2.05, 4.69) is 31.7 Å². The van der Waals surface area contributed by atoms with E-state index in [9.17, 15) is 14.7 Å². The molecule has 0 aromatic carbocycles. The number of carboxylic acid groups (broad SMARTS) is 1. The molecule has 158 valence electrons. The van der Waals surface area contributed by atoms with Crippen LogP contribution in [0.3, 0.4) is 0 Å². The Morgan fingerprint density at radius 2 is 1.57 bits per heavy atom. The van der Waals surface area contributed by atoms with Gasteiger partial charge in [-0.2, -0.15) is 0 Å². The van der Waals surface area contributed by atoms with Gasteiger partial charge in [0.05, 0.1) is 5.92 Å². The number of ether oxygens (including phenoxy) is 1. The SMILES string of the molecule is CCCCCCCCCC=CCC(CC(=O)[O-])C(=O)OCCN(CC)CC.[Li+]. The van der Waals surface area contributed by atoms with Crippen molar-refractivity contribution in [2.24, 2.45) is 5.92 Å². The average molecular weight is 390 g/mol. The van der Waals surface area contributed by atoms with Crippen LogP contribution in [-0.2, 0) is 14.3 Å². The normalized spacial score (nSPS) is 12.1. The molecule has 28 heavy (non-hydrogen) atoms. The van der Waals surface area contributed by atoms with E-state index < -0.39 is 17.9 Å². The monoisotopic (exact) mass is 389 g/mol. The number of rotatable bonds is 18. The second-order valence-electron chi connectivity index (χ2n) is 7.08. The minimum atomic E-state index is -1.21. The van der Waals surface area contributed by atoms with Crippen molar-refractivity contribution >= 4 is 11.9 Å². The number of aliphatic carboxylic acids is 1. The van der Waals surface area contributed by atoms with E-state index >= 15 is 0 Å². The van der Waals surface area contributed by atoms with Gasteiger partial charge in [0.2, 0.25) is 0 Å². The first kappa shape index (κ1) is 29.4. The molecule has 0 bridgehead atoms. The van der Waals surface area contributed by atoms with Gasteiger partial charge >= 0.3 is 24.8 Å². The molecule has 0 radical (unpaired) electrons. The van der Waals surface area contributed by atoms with Crippen molar-refractivity contribution in [3.8, 4) is 0 Å². The summed E-state index contributed by atoms with van der Waals surface area (Å²) in [6, 6.07) is 0. The summed E-state index contributed by atoms with van der Waals surface area (Å²) in [4.78, 5) is 25.2. The van der Waals surface area contributed by atoms with Gasteiger partial charge in [-0.1, -0.05) is 71.4 Å². The molecule has 0 rings (SSSR count). The standard InChI is InChI=1S/C22H41NO4.Li/c1-4-7-8-9-10-11-12-13-14-15-16-20(19-21(24)25)22(26)27-18-17-23(5-2)6-3;/h14-15,20H,4-13,16-19H2,1-3H3,(H,24,25);/q;+1/p-1. The molecule has 0 saturated heterocycles. The van der Waals surface area contributed by atoms with Gasteiger partial charge in [-0.05, 0) is 32.4 Å². The first-order valence-electron chi connectivity index (χ1n) is 10.8. The molecule has 6 heteroatoms. The van der Waals surface area contributed by atoms with Crippen LogP contribution in [0.15, 0.2) is 12.2 Å². The van der Waals surface area contributed by atoms with Crippen LogP contribution in [0.2, 0.25) is 0 Å². The maximum atomic E-state index is 12.2. The summed E-state index contributed by atoms with van der Waals surface area (Å²) in [5.41, 5.74) is 0. The fraction of sp³-hybridized carbons (Fsp3) is 0.818. The van der Waals surface area contributed by atoms with Crippen molar-refractivity contribution in [2.75, 3.05) is 26.2 Å². The van der Waals surface area contributed by atoms with Crippen molar-refractivity contribution in [3.63, 3.8) is 0 Å². The first-order chi connectivity index (χ1) is 13.0. The van der Waals surface area contributed by atoms with Gasteiger partial charge in [-0.15, -0.1) is 0 Å². The molecule has 0 aromatic rings. The molecule has 0 amide bonds. The quantitative estimate of drug-likeness (QED) is 0.150. The van der Waals surface area contributed by atoms with Gasteiger partial charge in [-0.3, -0.25) is 4.79 Å². The largest absolute Gasteiger partial charge is 1.00 e. The summed E-state index contributed by atoms with van der Waals surface area (Å²) in [5, 5.41) is 10.9. The van der Waals surface area contributed by atoms with Crippen LogP contribution in [-0.4, -0.2) is 43.1 Å².